The zero-order valence-corrected chi connectivity index (χ0v) is 16.4. The van der Waals surface area contributed by atoms with Gasteiger partial charge in [0.2, 0.25) is 5.91 Å². The normalized spacial score (nSPS) is 11.4. The number of esters is 1. The zero-order valence-electron chi connectivity index (χ0n) is 16.4. The number of imide groups is 1. The topological polar surface area (TPSA) is 102 Å². The maximum atomic E-state index is 12.3. The first-order valence-corrected chi connectivity index (χ1v) is 9.26. The fraction of sp³-hybridized carbons (Fsp3) is 0.273. The number of carbonyl (C=O) groups is 4. The average Bonchev–Trinajstić information content (AvgIpc) is 2.71. The third-order valence-electron chi connectivity index (χ3n) is 4.08. The van der Waals surface area contributed by atoms with Crippen molar-refractivity contribution in [2.45, 2.75) is 26.3 Å². The minimum atomic E-state index is -0.921. The van der Waals surface area contributed by atoms with Crippen molar-refractivity contribution in [3.63, 3.8) is 0 Å². The van der Waals surface area contributed by atoms with Crippen LogP contribution in [0.2, 0.25) is 0 Å². The third kappa shape index (κ3) is 7.21. The van der Waals surface area contributed by atoms with E-state index in [1.807, 2.05) is 6.07 Å². The SMILES string of the molecule is CC(C)[C@H](NC(=O)c1ccccc1)C(=O)OCC(=O)NC(=O)Cc1ccccc1. The van der Waals surface area contributed by atoms with Crippen molar-refractivity contribution < 1.29 is 23.9 Å². The van der Waals surface area contributed by atoms with Crippen LogP contribution >= 0.6 is 0 Å². The maximum absolute atomic E-state index is 12.3. The van der Waals surface area contributed by atoms with E-state index >= 15 is 0 Å². The maximum Gasteiger partial charge on any atom is 0.329 e. The fourth-order valence-electron chi connectivity index (χ4n) is 2.56. The molecule has 0 fully saturated rings. The lowest BCUT2D eigenvalue weighted by atomic mass is 10.0. The van der Waals surface area contributed by atoms with E-state index in [1.54, 1.807) is 68.4 Å². The van der Waals surface area contributed by atoms with Crippen LogP contribution < -0.4 is 10.6 Å². The Morgan fingerprint density at radius 2 is 1.45 bits per heavy atom. The minimum Gasteiger partial charge on any atom is -0.454 e. The van der Waals surface area contributed by atoms with Crippen LogP contribution in [0.3, 0.4) is 0 Å². The number of rotatable bonds is 8. The zero-order chi connectivity index (χ0) is 21.2. The van der Waals surface area contributed by atoms with Gasteiger partial charge in [-0.2, -0.15) is 0 Å². The molecule has 0 saturated carbocycles. The first-order valence-electron chi connectivity index (χ1n) is 9.26. The second-order valence-corrected chi connectivity index (χ2v) is 6.80. The van der Waals surface area contributed by atoms with E-state index in [1.165, 1.54) is 0 Å². The molecule has 7 heteroatoms. The second-order valence-electron chi connectivity index (χ2n) is 6.80. The predicted octanol–water partition coefficient (Wildman–Crippen LogP) is 1.87. The molecule has 0 saturated heterocycles. The highest BCUT2D eigenvalue weighted by Gasteiger charge is 2.27. The highest BCUT2D eigenvalue weighted by Crippen LogP contribution is 2.07. The summed E-state index contributed by atoms with van der Waals surface area (Å²) in [6, 6.07) is 16.5. The average molecular weight is 396 g/mol. The number of carbonyl (C=O) groups excluding carboxylic acids is 4. The number of ether oxygens (including phenoxy) is 1. The summed E-state index contributed by atoms with van der Waals surface area (Å²) in [5, 5.41) is 4.79. The molecule has 0 aromatic heterocycles. The molecule has 0 spiro atoms. The Morgan fingerprint density at radius 1 is 0.862 bits per heavy atom. The third-order valence-corrected chi connectivity index (χ3v) is 4.08. The number of hydrogen-bond acceptors (Lipinski definition) is 5. The van der Waals surface area contributed by atoms with Crippen molar-refractivity contribution in [2.24, 2.45) is 5.92 Å². The summed E-state index contributed by atoms with van der Waals surface area (Å²) in [4.78, 5) is 48.4. The van der Waals surface area contributed by atoms with Gasteiger partial charge in [0.15, 0.2) is 6.61 Å². The molecule has 2 aromatic rings. The van der Waals surface area contributed by atoms with Gasteiger partial charge < -0.3 is 10.1 Å². The van der Waals surface area contributed by atoms with E-state index < -0.39 is 36.3 Å². The van der Waals surface area contributed by atoms with Crippen LogP contribution in [0.1, 0.15) is 29.8 Å². The lowest BCUT2D eigenvalue weighted by molar-refractivity contribution is -0.152. The molecule has 3 amide bonds. The molecular weight excluding hydrogens is 372 g/mol. The van der Waals surface area contributed by atoms with Crippen molar-refractivity contribution >= 4 is 23.7 Å². The van der Waals surface area contributed by atoms with Crippen LogP contribution in [0.25, 0.3) is 0 Å². The van der Waals surface area contributed by atoms with Gasteiger partial charge in [0, 0.05) is 5.56 Å². The van der Waals surface area contributed by atoms with Crippen molar-refractivity contribution in [3.05, 3.63) is 71.8 Å². The van der Waals surface area contributed by atoms with Crippen LogP contribution in [0.5, 0.6) is 0 Å². The van der Waals surface area contributed by atoms with Crippen molar-refractivity contribution in [1.29, 1.82) is 0 Å². The van der Waals surface area contributed by atoms with Gasteiger partial charge in [-0.05, 0) is 23.6 Å². The number of amides is 3. The van der Waals surface area contributed by atoms with Crippen LogP contribution in [0, 0.1) is 5.92 Å². The van der Waals surface area contributed by atoms with E-state index in [9.17, 15) is 19.2 Å². The number of nitrogens with one attached hydrogen (secondary N) is 2. The molecule has 0 aliphatic rings. The number of hydrogen-bond donors (Lipinski definition) is 2. The summed E-state index contributed by atoms with van der Waals surface area (Å²) < 4.78 is 5.00. The molecule has 0 bridgehead atoms. The van der Waals surface area contributed by atoms with E-state index in [4.69, 9.17) is 4.74 Å². The summed E-state index contributed by atoms with van der Waals surface area (Å²) in [7, 11) is 0. The highest BCUT2D eigenvalue weighted by molar-refractivity contribution is 5.98. The Bertz CT molecular complexity index is 850. The Labute approximate surface area is 169 Å². The van der Waals surface area contributed by atoms with Crippen molar-refractivity contribution in [2.75, 3.05) is 6.61 Å². The van der Waals surface area contributed by atoms with Gasteiger partial charge in [0.05, 0.1) is 6.42 Å². The fourth-order valence-corrected chi connectivity index (χ4v) is 2.56. The van der Waals surface area contributed by atoms with Gasteiger partial charge in [0.1, 0.15) is 6.04 Å². The minimum absolute atomic E-state index is 0.0439. The van der Waals surface area contributed by atoms with Crippen LogP contribution in [0.4, 0.5) is 0 Å². The van der Waals surface area contributed by atoms with Crippen LogP contribution in [-0.2, 0) is 25.5 Å². The lowest BCUT2D eigenvalue weighted by Crippen LogP contribution is -2.46. The summed E-state index contributed by atoms with van der Waals surface area (Å²) in [5.74, 6) is -2.62. The Hall–Kier alpha value is -3.48. The lowest BCUT2D eigenvalue weighted by Gasteiger charge is -2.20. The summed E-state index contributed by atoms with van der Waals surface area (Å²) in [5.41, 5.74) is 1.17. The molecular formula is C22H24N2O5. The molecule has 0 unspecified atom stereocenters. The quantitative estimate of drug-likeness (QED) is 0.664. The van der Waals surface area contributed by atoms with Crippen LogP contribution in [0.15, 0.2) is 60.7 Å². The highest BCUT2D eigenvalue weighted by atomic mass is 16.5. The van der Waals surface area contributed by atoms with E-state index in [2.05, 4.69) is 10.6 Å². The Kier molecular flexibility index (Phi) is 8.09. The second kappa shape index (κ2) is 10.8. The van der Waals surface area contributed by atoms with Crippen molar-refractivity contribution in [3.8, 4) is 0 Å². The molecule has 152 valence electrons. The predicted molar refractivity (Wildman–Crippen MR) is 107 cm³/mol. The summed E-state index contributed by atoms with van der Waals surface area (Å²) in [6.45, 7) is 2.89. The Balaban J connectivity index is 1.83. The molecule has 2 aromatic carbocycles. The molecule has 1 atom stereocenters. The molecule has 0 radical (unpaired) electrons. The van der Waals surface area contributed by atoms with Gasteiger partial charge in [-0.15, -0.1) is 0 Å². The van der Waals surface area contributed by atoms with E-state index in [0.29, 0.717) is 5.56 Å². The molecule has 0 aliphatic carbocycles. The molecule has 0 aliphatic heterocycles. The smallest absolute Gasteiger partial charge is 0.329 e. The molecule has 29 heavy (non-hydrogen) atoms. The van der Waals surface area contributed by atoms with E-state index in [0.717, 1.165) is 5.56 Å². The molecule has 0 heterocycles. The standard InChI is InChI=1S/C22H24N2O5/c1-15(2)20(24-21(27)17-11-7-4-8-12-17)22(28)29-14-19(26)23-18(25)13-16-9-5-3-6-10-16/h3-12,15,20H,13-14H2,1-2H3,(H,24,27)(H,23,25,26)/t20-/m0/s1. The van der Waals surface area contributed by atoms with Gasteiger partial charge in [-0.3, -0.25) is 19.7 Å². The van der Waals surface area contributed by atoms with Gasteiger partial charge in [-0.1, -0.05) is 62.4 Å². The summed E-state index contributed by atoms with van der Waals surface area (Å²) >= 11 is 0. The first kappa shape index (κ1) is 21.8. The monoisotopic (exact) mass is 396 g/mol. The largest absolute Gasteiger partial charge is 0.454 e. The Morgan fingerprint density at radius 3 is 2.03 bits per heavy atom. The molecule has 2 N–H and O–H groups in total. The first-order chi connectivity index (χ1) is 13.9. The number of benzene rings is 2. The molecule has 7 nitrogen and oxygen atoms in total. The van der Waals surface area contributed by atoms with Gasteiger partial charge >= 0.3 is 5.97 Å². The van der Waals surface area contributed by atoms with Crippen LogP contribution in [-0.4, -0.2) is 36.3 Å². The van der Waals surface area contributed by atoms with Gasteiger partial charge in [0.25, 0.3) is 11.8 Å². The molecule has 2 rings (SSSR count). The van der Waals surface area contributed by atoms with Crippen molar-refractivity contribution in [1.82, 2.24) is 10.6 Å². The summed E-state index contributed by atoms with van der Waals surface area (Å²) in [6.07, 6.45) is 0.0439. The van der Waals surface area contributed by atoms with Gasteiger partial charge in [-0.25, -0.2) is 4.79 Å². The van der Waals surface area contributed by atoms with E-state index in [-0.39, 0.29) is 12.3 Å².